The Labute approximate surface area is 102 Å². The molecular formula is C13H10N2OS. The van der Waals surface area contributed by atoms with Gasteiger partial charge in [-0.05, 0) is 19.1 Å². The summed E-state index contributed by atoms with van der Waals surface area (Å²) in [7, 11) is 0. The van der Waals surface area contributed by atoms with Crippen molar-refractivity contribution in [2.24, 2.45) is 0 Å². The molecule has 0 fully saturated rings. The number of fused-ring (bicyclic) bond motifs is 1. The quantitative estimate of drug-likeness (QED) is 0.657. The monoisotopic (exact) mass is 242 g/mol. The molecule has 0 saturated carbocycles. The van der Waals surface area contributed by atoms with E-state index in [2.05, 4.69) is 5.10 Å². The van der Waals surface area contributed by atoms with Crippen LogP contribution in [0.1, 0.15) is 4.88 Å². The third-order valence-electron chi connectivity index (χ3n) is 2.66. The summed E-state index contributed by atoms with van der Waals surface area (Å²) >= 11 is 1.61. The molecule has 0 radical (unpaired) electrons. The highest BCUT2D eigenvalue weighted by Crippen LogP contribution is 2.16. The van der Waals surface area contributed by atoms with Crippen molar-refractivity contribution < 1.29 is 0 Å². The van der Waals surface area contributed by atoms with E-state index < -0.39 is 0 Å². The minimum atomic E-state index is -0.0686. The summed E-state index contributed by atoms with van der Waals surface area (Å²) in [5, 5.41) is 7.72. The van der Waals surface area contributed by atoms with Gasteiger partial charge < -0.3 is 0 Å². The SMILES string of the molecule is Cc1cc(-n2ncc3ccccc3c2=O)cs1. The zero-order valence-corrected chi connectivity index (χ0v) is 10.1. The van der Waals surface area contributed by atoms with Crippen molar-refractivity contribution in [3.05, 3.63) is 57.1 Å². The first-order valence-corrected chi connectivity index (χ1v) is 6.16. The Balaban J connectivity index is 2.32. The van der Waals surface area contributed by atoms with Gasteiger partial charge in [0.15, 0.2) is 0 Å². The normalized spacial score (nSPS) is 10.9. The molecule has 0 aliphatic rings. The molecule has 3 nitrogen and oxygen atoms in total. The van der Waals surface area contributed by atoms with Crippen LogP contribution in [0.5, 0.6) is 0 Å². The molecule has 84 valence electrons. The summed E-state index contributed by atoms with van der Waals surface area (Å²) in [5.74, 6) is 0. The van der Waals surface area contributed by atoms with Gasteiger partial charge in [0.25, 0.3) is 5.56 Å². The molecule has 4 heteroatoms. The molecule has 0 spiro atoms. The summed E-state index contributed by atoms with van der Waals surface area (Å²) in [4.78, 5) is 13.4. The Bertz CT molecular complexity index is 742. The lowest BCUT2D eigenvalue weighted by molar-refractivity contribution is 0.824. The number of aromatic nitrogens is 2. The van der Waals surface area contributed by atoms with E-state index in [4.69, 9.17) is 0 Å². The van der Waals surface area contributed by atoms with Crippen LogP contribution in [-0.4, -0.2) is 9.78 Å². The Morgan fingerprint density at radius 3 is 2.88 bits per heavy atom. The molecule has 0 atom stereocenters. The fraction of sp³-hybridized carbons (Fsp3) is 0.0769. The Morgan fingerprint density at radius 2 is 2.12 bits per heavy atom. The fourth-order valence-electron chi connectivity index (χ4n) is 1.82. The summed E-state index contributed by atoms with van der Waals surface area (Å²) in [6.45, 7) is 2.01. The molecule has 0 amide bonds. The van der Waals surface area contributed by atoms with Crippen LogP contribution in [0.25, 0.3) is 16.5 Å². The number of aryl methyl sites for hydroxylation is 1. The zero-order chi connectivity index (χ0) is 11.8. The number of hydrogen-bond donors (Lipinski definition) is 0. The first-order chi connectivity index (χ1) is 8.25. The van der Waals surface area contributed by atoms with Crippen LogP contribution in [-0.2, 0) is 0 Å². The van der Waals surface area contributed by atoms with Gasteiger partial charge in [-0.25, -0.2) is 0 Å². The second kappa shape index (κ2) is 3.82. The second-order valence-electron chi connectivity index (χ2n) is 3.86. The van der Waals surface area contributed by atoms with Gasteiger partial charge in [-0.2, -0.15) is 9.78 Å². The Hall–Kier alpha value is -1.94. The maximum absolute atomic E-state index is 12.2. The molecule has 3 aromatic rings. The largest absolute Gasteiger partial charge is 0.279 e. The minimum absolute atomic E-state index is 0.0686. The predicted molar refractivity (Wildman–Crippen MR) is 70.0 cm³/mol. The summed E-state index contributed by atoms with van der Waals surface area (Å²) in [6.07, 6.45) is 1.73. The van der Waals surface area contributed by atoms with Crippen molar-refractivity contribution >= 4 is 22.1 Å². The summed E-state index contributed by atoms with van der Waals surface area (Å²) < 4.78 is 1.45. The lowest BCUT2D eigenvalue weighted by Crippen LogP contribution is -2.20. The van der Waals surface area contributed by atoms with Crippen molar-refractivity contribution in [3.63, 3.8) is 0 Å². The van der Waals surface area contributed by atoms with E-state index in [0.717, 1.165) is 11.1 Å². The van der Waals surface area contributed by atoms with Gasteiger partial charge in [-0.15, -0.1) is 11.3 Å². The summed E-state index contributed by atoms with van der Waals surface area (Å²) in [6, 6.07) is 9.46. The molecule has 0 N–H and O–H groups in total. The summed E-state index contributed by atoms with van der Waals surface area (Å²) in [5.41, 5.74) is 0.768. The molecule has 0 saturated heterocycles. The second-order valence-corrected chi connectivity index (χ2v) is 4.98. The lowest BCUT2D eigenvalue weighted by atomic mass is 10.2. The van der Waals surface area contributed by atoms with Crippen LogP contribution in [0.2, 0.25) is 0 Å². The van der Waals surface area contributed by atoms with E-state index in [9.17, 15) is 4.79 Å². The average Bonchev–Trinajstić information content (AvgIpc) is 2.77. The highest BCUT2D eigenvalue weighted by molar-refractivity contribution is 7.10. The van der Waals surface area contributed by atoms with Crippen molar-refractivity contribution in [2.45, 2.75) is 6.92 Å². The van der Waals surface area contributed by atoms with Crippen LogP contribution in [0.3, 0.4) is 0 Å². The number of hydrogen-bond acceptors (Lipinski definition) is 3. The molecule has 0 aliphatic carbocycles. The van der Waals surface area contributed by atoms with Crippen molar-refractivity contribution in [2.75, 3.05) is 0 Å². The van der Waals surface area contributed by atoms with Crippen molar-refractivity contribution in [3.8, 4) is 5.69 Å². The number of rotatable bonds is 1. The highest BCUT2D eigenvalue weighted by atomic mass is 32.1. The Kier molecular flexibility index (Phi) is 2.30. The third kappa shape index (κ3) is 1.66. The van der Waals surface area contributed by atoms with Gasteiger partial charge in [0.2, 0.25) is 0 Å². The zero-order valence-electron chi connectivity index (χ0n) is 9.25. The van der Waals surface area contributed by atoms with E-state index in [-0.39, 0.29) is 5.56 Å². The van der Waals surface area contributed by atoms with Gasteiger partial charge in [0.1, 0.15) is 0 Å². The number of nitrogens with zero attached hydrogens (tertiary/aromatic N) is 2. The minimum Gasteiger partial charge on any atom is -0.267 e. The number of benzene rings is 1. The van der Waals surface area contributed by atoms with Crippen LogP contribution >= 0.6 is 11.3 Å². The highest BCUT2D eigenvalue weighted by Gasteiger charge is 2.06. The molecule has 3 rings (SSSR count). The molecular weight excluding hydrogens is 232 g/mol. The van der Waals surface area contributed by atoms with Gasteiger partial charge >= 0.3 is 0 Å². The number of thiophene rings is 1. The molecule has 1 aromatic carbocycles. The van der Waals surface area contributed by atoms with Gasteiger partial charge in [-0.3, -0.25) is 4.79 Å². The lowest BCUT2D eigenvalue weighted by Gasteiger charge is -2.02. The third-order valence-corrected chi connectivity index (χ3v) is 3.51. The van der Waals surface area contributed by atoms with Crippen LogP contribution in [0.4, 0.5) is 0 Å². The predicted octanol–water partition coefficient (Wildman–Crippen LogP) is 2.76. The average molecular weight is 242 g/mol. The topological polar surface area (TPSA) is 34.9 Å². The molecule has 0 aliphatic heterocycles. The smallest absolute Gasteiger partial charge is 0.267 e. The van der Waals surface area contributed by atoms with Gasteiger partial charge in [0, 0.05) is 15.6 Å². The molecule has 17 heavy (non-hydrogen) atoms. The first-order valence-electron chi connectivity index (χ1n) is 5.28. The van der Waals surface area contributed by atoms with Crippen LogP contribution in [0, 0.1) is 6.92 Å². The van der Waals surface area contributed by atoms with E-state index >= 15 is 0 Å². The Morgan fingerprint density at radius 1 is 1.29 bits per heavy atom. The van der Waals surface area contributed by atoms with E-state index in [1.807, 2.05) is 42.6 Å². The molecule has 2 aromatic heterocycles. The fourth-order valence-corrected chi connectivity index (χ4v) is 2.48. The van der Waals surface area contributed by atoms with E-state index in [1.54, 1.807) is 17.5 Å². The molecule has 0 unspecified atom stereocenters. The van der Waals surface area contributed by atoms with Gasteiger partial charge in [0.05, 0.1) is 17.3 Å². The standard InChI is InChI=1S/C13H10N2OS/c1-9-6-11(8-17-9)15-13(16)12-5-3-2-4-10(12)7-14-15/h2-8H,1H3. The first kappa shape index (κ1) is 10.2. The molecule has 0 bridgehead atoms. The maximum atomic E-state index is 12.2. The van der Waals surface area contributed by atoms with Crippen molar-refractivity contribution in [1.29, 1.82) is 0 Å². The van der Waals surface area contributed by atoms with E-state index in [1.165, 1.54) is 9.56 Å². The van der Waals surface area contributed by atoms with Crippen molar-refractivity contribution in [1.82, 2.24) is 9.78 Å². The maximum Gasteiger partial charge on any atom is 0.279 e. The van der Waals surface area contributed by atoms with Crippen LogP contribution in [0.15, 0.2) is 46.7 Å². The van der Waals surface area contributed by atoms with E-state index in [0.29, 0.717) is 5.39 Å². The molecule has 2 heterocycles. The van der Waals surface area contributed by atoms with Gasteiger partial charge in [-0.1, -0.05) is 18.2 Å². The van der Waals surface area contributed by atoms with Crippen LogP contribution < -0.4 is 5.56 Å².